The van der Waals surface area contributed by atoms with E-state index in [1.807, 2.05) is 45.0 Å². The highest BCUT2D eigenvalue weighted by atomic mass is 16.6. The monoisotopic (exact) mass is 461 g/mol. The van der Waals surface area contributed by atoms with E-state index in [1.165, 1.54) is 4.90 Å². The van der Waals surface area contributed by atoms with Gasteiger partial charge in [-0.2, -0.15) is 0 Å². The Hall–Kier alpha value is -2.57. The second-order valence-corrected chi connectivity index (χ2v) is 10.0. The molecule has 0 aliphatic heterocycles. The van der Waals surface area contributed by atoms with Crippen LogP contribution in [-0.2, 0) is 14.3 Å². The molecule has 2 unspecified atom stereocenters. The summed E-state index contributed by atoms with van der Waals surface area (Å²) >= 11 is 0. The maximum atomic E-state index is 13.6. The van der Waals surface area contributed by atoms with Crippen LogP contribution in [0.3, 0.4) is 0 Å². The lowest BCUT2D eigenvalue weighted by Crippen LogP contribution is -2.52. The van der Waals surface area contributed by atoms with Crippen molar-refractivity contribution in [1.82, 2.24) is 15.5 Å². The molecule has 7 nitrogen and oxygen atoms in total. The second kappa shape index (κ2) is 13.2. The number of carbonyl (C=O) groups excluding carboxylic acids is 3. The zero-order chi connectivity index (χ0) is 25.2. The van der Waals surface area contributed by atoms with Crippen LogP contribution in [-0.4, -0.2) is 48.0 Å². The van der Waals surface area contributed by atoms with Crippen molar-refractivity contribution in [3.8, 4) is 0 Å². The first-order valence-electron chi connectivity index (χ1n) is 12.0. The lowest BCUT2D eigenvalue weighted by Gasteiger charge is -2.32. The largest absolute Gasteiger partial charge is 0.444 e. The number of hydrogen-bond acceptors (Lipinski definition) is 4. The van der Waals surface area contributed by atoms with Gasteiger partial charge < -0.3 is 20.3 Å². The van der Waals surface area contributed by atoms with Crippen molar-refractivity contribution in [1.29, 1.82) is 0 Å². The molecule has 0 aliphatic rings. The Labute approximate surface area is 199 Å². The first kappa shape index (κ1) is 28.5. The van der Waals surface area contributed by atoms with Gasteiger partial charge in [-0.15, -0.1) is 0 Å². The van der Waals surface area contributed by atoms with Crippen LogP contribution in [0.4, 0.5) is 4.79 Å². The Bertz CT molecular complexity index is 786. The van der Waals surface area contributed by atoms with E-state index < -0.39 is 23.8 Å². The van der Waals surface area contributed by atoms with Gasteiger partial charge in [-0.3, -0.25) is 9.59 Å². The fraction of sp³-hybridized carbons (Fsp3) is 0.654. The molecule has 2 atom stereocenters. The van der Waals surface area contributed by atoms with Gasteiger partial charge in [-0.1, -0.05) is 57.9 Å². The molecule has 0 fully saturated rings. The van der Waals surface area contributed by atoms with E-state index in [9.17, 15) is 14.4 Å². The number of alkyl carbamates (subject to hydrolysis) is 1. The molecule has 0 bridgehead atoms. The number of benzene rings is 1. The molecule has 186 valence electrons. The van der Waals surface area contributed by atoms with Gasteiger partial charge in [0, 0.05) is 13.6 Å². The quantitative estimate of drug-likeness (QED) is 0.466. The van der Waals surface area contributed by atoms with Crippen LogP contribution in [0.25, 0.3) is 0 Å². The molecule has 0 spiro atoms. The average Bonchev–Trinajstić information content (AvgIpc) is 2.70. The molecule has 0 saturated carbocycles. The van der Waals surface area contributed by atoms with Crippen molar-refractivity contribution in [2.75, 3.05) is 13.6 Å². The molecule has 33 heavy (non-hydrogen) atoms. The predicted octanol–water partition coefficient (Wildman–Crippen LogP) is 4.74. The van der Waals surface area contributed by atoms with E-state index in [-0.39, 0.29) is 17.7 Å². The van der Waals surface area contributed by atoms with Crippen molar-refractivity contribution in [2.45, 2.75) is 91.8 Å². The molecule has 7 heteroatoms. The van der Waals surface area contributed by atoms with Gasteiger partial charge in [0.2, 0.25) is 11.8 Å². The standard InChI is InChI=1S/C26H43N3O4/c1-9-10-13-16-27-23(30)22(20-15-12-11-14-19(20)4)29(8)24(31)21(17-18(2)3)28-25(32)33-26(5,6)7/h11-12,14-15,18,21-22H,9-10,13,16-17H2,1-8H3,(H,27,30)(H,28,32). The number of carbonyl (C=O) groups is 3. The normalized spacial score (nSPS) is 13.2. The predicted molar refractivity (Wildman–Crippen MR) is 132 cm³/mol. The third-order valence-electron chi connectivity index (χ3n) is 5.24. The maximum Gasteiger partial charge on any atom is 0.408 e. The van der Waals surface area contributed by atoms with E-state index >= 15 is 0 Å². The van der Waals surface area contributed by atoms with E-state index in [4.69, 9.17) is 4.74 Å². The smallest absolute Gasteiger partial charge is 0.408 e. The van der Waals surface area contributed by atoms with Crippen molar-refractivity contribution in [2.24, 2.45) is 5.92 Å². The number of amides is 3. The lowest BCUT2D eigenvalue weighted by molar-refractivity contribution is -0.141. The Balaban J connectivity index is 3.18. The third kappa shape index (κ3) is 9.84. The number of hydrogen-bond donors (Lipinski definition) is 2. The van der Waals surface area contributed by atoms with Crippen molar-refractivity contribution >= 4 is 17.9 Å². The van der Waals surface area contributed by atoms with Crippen molar-refractivity contribution < 1.29 is 19.1 Å². The first-order valence-corrected chi connectivity index (χ1v) is 12.0. The minimum atomic E-state index is -0.802. The van der Waals surface area contributed by atoms with Crippen LogP contribution in [0.2, 0.25) is 0 Å². The van der Waals surface area contributed by atoms with Crippen molar-refractivity contribution in [3.63, 3.8) is 0 Å². The zero-order valence-electron chi connectivity index (χ0n) is 21.7. The topological polar surface area (TPSA) is 87.7 Å². The summed E-state index contributed by atoms with van der Waals surface area (Å²) in [5.74, 6) is -0.398. The molecule has 1 aromatic rings. The molecule has 0 aliphatic carbocycles. The van der Waals surface area contributed by atoms with E-state index in [0.29, 0.717) is 13.0 Å². The van der Waals surface area contributed by atoms with Gasteiger partial charge in [0.05, 0.1) is 0 Å². The number of rotatable bonds is 11. The second-order valence-electron chi connectivity index (χ2n) is 10.0. The number of nitrogens with one attached hydrogen (secondary N) is 2. The Morgan fingerprint density at radius 1 is 1.09 bits per heavy atom. The summed E-state index contributed by atoms with van der Waals surface area (Å²) in [6, 6.07) is 5.97. The number of likely N-dealkylation sites (N-methyl/N-ethyl adjacent to an activating group) is 1. The van der Waals surface area contributed by atoms with Crippen molar-refractivity contribution in [3.05, 3.63) is 35.4 Å². The van der Waals surface area contributed by atoms with Gasteiger partial charge in [0.1, 0.15) is 17.7 Å². The summed E-state index contributed by atoms with van der Waals surface area (Å²) < 4.78 is 5.37. The van der Waals surface area contributed by atoms with Gasteiger partial charge in [0.15, 0.2) is 0 Å². The SMILES string of the molecule is CCCCCNC(=O)C(c1ccccc1C)N(C)C(=O)C(CC(C)C)NC(=O)OC(C)(C)C. The molecule has 2 N–H and O–H groups in total. The summed E-state index contributed by atoms with van der Waals surface area (Å²) in [7, 11) is 1.62. The van der Waals surface area contributed by atoms with Crippen LogP contribution in [0, 0.1) is 12.8 Å². The first-order chi connectivity index (χ1) is 15.4. The summed E-state index contributed by atoms with van der Waals surface area (Å²) in [5, 5.41) is 5.71. The van der Waals surface area contributed by atoms with Crippen LogP contribution in [0.5, 0.6) is 0 Å². The molecular weight excluding hydrogens is 418 g/mol. The summed E-state index contributed by atoms with van der Waals surface area (Å²) in [6.45, 7) is 13.9. The molecule has 0 saturated heterocycles. The van der Waals surface area contributed by atoms with E-state index in [1.54, 1.807) is 27.8 Å². The summed E-state index contributed by atoms with van der Waals surface area (Å²) in [6.07, 6.45) is 2.76. The molecule has 1 aromatic carbocycles. The third-order valence-corrected chi connectivity index (χ3v) is 5.24. The van der Waals surface area contributed by atoms with Gasteiger partial charge in [0.25, 0.3) is 0 Å². The van der Waals surface area contributed by atoms with Crippen LogP contribution < -0.4 is 10.6 Å². The van der Waals surface area contributed by atoms with E-state index in [2.05, 4.69) is 17.6 Å². The Morgan fingerprint density at radius 2 is 1.73 bits per heavy atom. The summed E-state index contributed by atoms with van der Waals surface area (Å²) in [4.78, 5) is 40.7. The Morgan fingerprint density at radius 3 is 2.27 bits per heavy atom. The molecular formula is C26H43N3O4. The highest BCUT2D eigenvalue weighted by molar-refractivity contribution is 5.92. The average molecular weight is 462 g/mol. The maximum absolute atomic E-state index is 13.6. The molecule has 0 aromatic heterocycles. The minimum Gasteiger partial charge on any atom is -0.444 e. The number of nitrogens with zero attached hydrogens (tertiary/aromatic N) is 1. The highest BCUT2D eigenvalue weighted by Crippen LogP contribution is 2.25. The highest BCUT2D eigenvalue weighted by Gasteiger charge is 2.34. The van der Waals surface area contributed by atoms with Crippen LogP contribution >= 0.6 is 0 Å². The summed E-state index contributed by atoms with van der Waals surface area (Å²) in [5.41, 5.74) is 1.01. The minimum absolute atomic E-state index is 0.155. The number of unbranched alkanes of at least 4 members (excludes halogenated alkanes) is 2. The van der Waals surface area contributed by atoms with Gasteiger partial charge >= 0.3 is 6.09 Å². The molecule has 3 amide bonds. The lowest BCUT2D eigenvalue weighted by atomic mass is 9.97. The van der Waals surface area contributed by atoms with Crippen LogP contribution in [0.15, 0.2) is 24.3 Å². The van der Waals surface area contributed by atoms with Gasteiger partial charge in [-0.25, -0.2) is 4.79 Å². The molecule has 0 heterocycles. The molecule has 0 radical (unpaired) electrons. The molecule has 1 rings (SSSR count). The van der Waals surface area contributed by atoms with Gasteiger partial charge in [-0.05, 0) is 57.6 Å². The number of aryl methyl sites for hydroxylation is 1. The van der Waals surface area contributed by atoms with E-state index in [0.717, 1.165) is 30.4 Å². The zero-order valence-corrected chi connectivity index (χ0v) is 21.7. The fourth-order valence-corrected chi connectivity index (χ4v) is 3.62. The van der Waals surface area contributed by atoms with Crippen LogP contribution in [0.1, 0.15) is 84.4 Å². The Kier molecular flexibility index (Phi) is 11.4. The number of ether oxygens (including phenoxy) is 1. The fourth-order valence-electron chi connectivity index (χ4n) is 3.62.